The Labute approximate surface area is 107 Å². The molecule has 0 bridgehead atoms. The molecule has 0 heterocycles. The summed E-state index contributed by atoms with van der Waals surface area (Å²) in [6, 6.07) is 0. The van der Waals surface area contributed by atoms with Crippen LogP contribution in [0.1, 0.15) is 58.3 Å². The molecule has 0 fully saturated rings. The summed E-state index contributed by atoms with van der Waals surface area (Å²) in [5.74, 6) is 0. The Bertz CT molecular complexity index is 87.6. The number of methoxy groups -OCH3 is 1. The van der Waals surface area contributed by atoms with E-state index in [-0.39, 0.29) is 18.9 Å². The summed E-state index contributed by atoms with van der Waals surface area (Å²) in [4.78, 5) is 0. The maximum Gasteiger partial charge on any atom is 1.00 e. The minimum atomic E-state index is 0. The van der Waals surface area contributed by atoms with Crippen LogP contribution in [0, 0.1) is 6.61 Å². The van der Waals surface area contributed by atoms with Crippen LogP contribution in [0.5, 0.6) is 0 Å². The maximum atomic E-state index is 5.08. The first kappa shape index (κ1) is 17.9. The second-order valence-corrected chi connectivity index (χ2v) is 3.65. The minimum absolute atomic E-state index is 0. The van der Waals surface area contributed by atoms with Crippen LogP contribution in [-0.2, 0) is 9.47 Å². The second-order valence-electron chi connectivity index (χ2n) is 3.65. The van der Waals surface area contributed by atoms with Gasteiger partial charge in [-0.2, -0.15) is 6.42 Å². The van der Waals surface area contributed by atoms with Crippen molar-refractivity contribution in [3.8, 4) is 0 Å². The van der Waals surface area contributed by atoms with E-state index in [0.29, 0.717) is 6.79 Å². The zero-order valence-electron chi connectivity index (χ0n) is 10.8. The van der Waals surface area contributed by atoms with Gasteiger partial charge in [0.15, 0.2) is 0 Å². The summed E-state index contributed by atoms with van der Waals surface area (Å²) >= 11 is 0. The Morgan fingerprint density at radius 3 is 2.13 bits per heavy atom. The summed E-state index contributed by atoms with van der Waals surface area (Å²) < 4.78 is 9.84. The van der Waals surface area contributed by atoms with Gasteiger partial charge in [-0.25, -0.2) is 6.61 Å². The van der Waals surface area contributed by atoms with Gasteiger partial charge < -0.3 is 9.47 Å². The summed E-state index contributed by atoms with van der Waals surface area (Å²) in [6.45, 7) is 4.49. The molecule has 0 rings (SSSR count). The molecule has 0 aromatic heterocycles. The zero-order chi connectivity index (χ0) is 10.5. The van der Waals surface area contributed by atoms with Crippen LogP contribution >= 0.6 is 0 Å². The van der Waals surface area contributed by atoms with Gasteiger partial charge in [-0.3, -0.25) is 0 Å². The normalized spacial score (nSPS) is 10.0. The molecule has 2 nitrogen and oxygen atoms in total. The molecule has 3 heteroatoms. The van der Waals surface area contributed by atoms with Crippen LogP contribution in [0.25, 0.3) is 0 Å². The summed E-state index contributed by atoms with van der Waals surface area (Å²) in [5.41, 5.74) is 0. The Morgan fingerprint density at radius 2 is 1.53 bits per heavy atom. The van der Waals surface area contributed by atoms with Gasteiger partial charge in [0.1, 0.15) is 6.79 Å². The van der Waals surface area contributed by atoms with Crippen LogP contribution in [-0.4, -0.2) is 13.9 Å². The molecule has 86 valence electrons. The fourth-order valence-corrected chi connectivity index (χ4v) is 1.38. The molecular weight excluding hydrogens is 183 g/mol. The molecular formula is C12H25LiO2. The van der Waals surface area contributed by atoms with Crippen molar-refractivity contribution in [1.82, 2.24) is 0 Å². The third-order valence-electron chi connectivity index (χ3n) is 2.23. The van der Waals surface area contributed by atoms with Crippen LogP contribution < -0.4 is 18.9 Å². The fraction of sp³-hybridized carbons (Fsp3) is 0.917. The molecule has 0 saturated carbocycles. The number of unbranched alkanes of at least 4 members (excludes halogenated alkanes) is 7. The summed E-state index contributed by atoms with van der Waals surface area (Å²) in [7, 11) is 1.64. The quantitative estimate of drug-likeness (QED) is 0.217. The van der Waals surface area contributed by atoms with Crippen molar-refractivity contribution in [2.24, 2.45) is 0 Å². The molecule has 0 aromatic rings. The van der Waals surface area contributed by atoms with Gasteiger partial charge in [-0.05, 0) is 0 Å². The number of hydrogen-bond acceptors (Lipinski definition) is 2. The SMILES string of the molecule is CCCCCCCCC[CH-]OCOC.[Li+]. The van der Waals surface area contributed by atoms with Gasteiger partial charge in [0.25, 0.3) is 0 Å². The monoisotopic (exact) mass is 208 g/mol. The predicted octanol–water partition coefficient (Wildman–Crippen LogP) is 0.913. The minimum Gasteiger partial charge on any atom is -0.532 e. The molecule has 0 unspecified atom stereocenters. The standard InChI is InChI=1S/C12H25O2.Li/c1-3-4-5-6-7-8-9-10-11-14-12-13-2;/h11H,3-10,12H2,1-2H3;/q-1;+1. The van der Waals surface area contributed by atoms with Crippen molar-refractivity contribution in [2.75, 3.05) is 13.9 Å². The molecule has 0 spiro atoms. The third kappa shape index (κ3) is 17.1. The van der Waals surface area contributed by atoms with Crippen LogP contribution in [0.15, 0.2) is 0 Å². The van der Waals surface area contributed by atoms with E-state index in [9.17, 15) is 0 Å². The molecule has 0 saturated heterocycles. The zero-order valence-corrected chi connectivity index (χ0v) is 10.8. The molecule has 15 heavy (non-hydrogen) atoms. The van der Waals surface area contributed by atoms with Crippen molar-refractivity contribution in [3.05, 3.63) is 6.61 Å². The fourth-order valence-electron chi connectivity index (χ4n) is 1.38. The van der Waals surface area contributed by atoms with Gasteiger partial charge in [-0.1, -0.05) is 51.9 Å². The second kappa shape index (κ2) is 16.9. The van der Waals surface area contributed by atoms with Gasteiger partial charge >= 0.3 is 18.9 Å². The Balaban J connectivity index is 0. The maximum absolute atomic E-state index is 5.08. The average Bonchev–Trinajstić information content (AvgIpc) is 2.21. The molecule has 0 amide bonds. The first-order valence-corrected chi connectivity index (χ1v) is 5.84. The largest absolute Gasteiger partial charge is 1.00 e. The van der Waals surface area contributed by atoms with Crippen LogP contribution in [0.2, 0.25) is 0 Å². The molecule has 0 aliphatic heterocycles. The van der Waals surface area contributed by atoms with Crippen LogP contribution in [0.4, 0.5) is 0 Å². The van der Waals surface area contributed by atoms with E-state index in [1.807, 2.05) is 6.61 Å². The van der Waals surface area contributed by atoms with E-state index in [4.69, 9.17) is 9.47 Å². The number of ether oxygens (including phenoxy) is 2. The van der Waals surface area contributed by atoms with Gasteiger partial charge in [0, 0.05) is 7.11 Å². The Kier molecular flexibility index (Phi) is 20.2. The van der Waals surface area contributed by atoms with E-state index in [0.717, 1.165) is 6.42 Å². The smallest absolute Gasteiger partial charge is 0.532 e. The summed E-state index contributed by atoms with van der Waals surface area (Å²) in [6.07, 6.45) is 10.5. The van der Waals surface area contributed by atoms with Crippen molar-refractivity contribution >= 4 is 0 Å². The van der Waals surface area contributed by atoms with Gasteiger partial charge in [0.05, 0.1) is 0 Å². The first-order valence-electron chi connectivity index (χ1n) is 5.84. The molecule has 0 aliphatic rings. The van der Waals surface area contributed by atoms with E-state index < -0.39 is 0 Å². The molecule has 0 radical (unpaired) electrons. The number of rotatable bonds is 11. The van der Waals surface area contributed by atoms with Crippen LogP contribution in [0.3, 0.4) is 0 Å². The topological polar surface area (TPSA) is 18.5 Å². The Morgan fingerprint density at radius 1 is 0.933 bits per heavy atom. The Hall–Kier alpha value is 0.517. The predicted molar refractivity (Wildman–Crippen MR) is 59.9 cm³/mol. The van der Waals surface area contributed by atoms with Gasteiger partial charge in [0.2, 0.25) is 0 Å². The van der Waals surface area contributed by atoms with E-state index in [2.05, 4.69) is 6.92 Å². The molecule has 0 aliphatic carbocycles. The molecule has 0 aromatic carbocycles. The van der Waals surface area contributed by atoms with E-state index in [1.54, 1.807) is 7.11 Å². The summed E-state index contributed by atoms with van der Waals surface area (Å²) in [5, 5.41) is 0. The van der Waals surface area contributed by atoms with E-state index >= 15 is 0 Å². The van der Waals surface area contributed by atoms with Crippen molar-refractivity contribution < 1.29 is 28.3 Å². The number of hydrogen-bond donors (Lipinski definition) is 0. The van der Waals surface area contributed by atoms with Crippen molar-refractivity contribution in [2.45, 2.75) is 58.3 Å². The van der Waals surface area contributed by atoms with Gasteiger partial charge in [-0.15, -0.1) is 0 Å². The van der Waals surface area contributed by atoms with Crippen molar-refractivity contribution in [1.29, 1.82) is 0 Å². The third-order valence-corrected chi connectivity index (χ3v) is 2.23. The first-order chi connectivity index (χ1) is 6.91. The average molecular weight is 208 g/mol. The van der Waals surface area contributed by atoms with E-state index in [1.165, 1.54) is 44.9 Å². The van der Waals surface area contributed by atoms with Crippen molar-refractivity contribution in [3.63, 3.8) is 0 Å². The molecule has 0 N–H and O–H groups in total. The molecule has 0 atom stereocenters.